The zero-order valence-electron chi connectivity index (χ0n) is 7.98. The fraction of sp³-hybridized carbons (Fsp3) is 0.222. The molecule has 0 saturated heterocycles. The summed E-state index contributed by atoms with van der Waals surface area (Å²) < 4.78 is 32.7. The third-order valence-electron chi connectivity index (χ3n) is 1.66. The minimum atomic E-state index is -3.99. The lowest BCUT2D eigenvalue weighted by molar-refractivity contribution is -0.330. The van der Waals surface area contributed by atoms with Crippen LogP contribution in [0.3, 0.4) is 0 Å². The largest absolute Gasteiger partial charge is 0.544 e. The van der Waals surface area contributed by atoms with E-state index in [0.29, 0.717) is 7.14 Å². The molecule has 94 valence electrons. The molecule has 1 aromatic carbocycles. The van der Waals surface area contributed by atoms with Gasteiger partial charge in [0, 0.05) is 3.57 Å². The Morgan fingerprint density at radius 2 is 1.76 bits per heavy atom. The standard InChI is InChI=1S/C9H5F2I3O3/c10-9(11,8(15)16)3-17-7-5(13)1-4(12)2-6(7)14/h1-2H,3H2,(H,15,16)/p-1. The summed E-state index contributed by atoms with van der Waals surface area (Å²) in [6, 6.07) is 3.49. The van der Waals surface area contributed by atoms with Crippen LogP contribution in [0.25, 0.3) is 0 Å². The lowest BCUT2D eigenvalue weighted by Crippen LogP contribution is -2.45. The van der Waals surface area contributed by atoms with Crippen molar-refractivity contribution in [3.63, 3.8) is 0 Å². The van der Waals surface area contributed by atoms with Crippen LogP contribution < -0.4 is 9.84 Å². The van der Waals surface area contributed by atoms with E-state index in [-0.39, 0.29) is 5.75 Å². The van der Waals surface area contributed by atoms with E-state index in [2.05, 4.69) is 22.6 Å². The number of benzene rings is 1. The zero-order chi connectivity index (χ0) is 13.2. The van der Waals surface area contributed by atoms with Gasteiger partial charge < -0.3 is 14.6 Å². The molecule has 0 amide bonds. The third kappa shape index (κ3) is 4.29. The van der Waals surface area contributed by atoms with Crippen molar-refractivity contribution in [3.8, 4) is 5.75 Å². The summed E-state index contributed by atoms with van der Waals surface area (Å²) in [4.78, 5) is 10.1. The Bertz CT molecular complexity index is 428. The van der Waals surface area contributed by atoms with Crippen LogP contribution in [0.5, 0.6) is 5.75 Å². The van der Waals surface area contributed by atoms with Gasteiger partial charge in [-0.15, -0.1) is 0 Å². The lowest BCUT2D eigenvalue weighted by Gasteiger charge is -2.19. The van der Waals surface area contributed by atoms with E-state index in [1.807, 2.05) is 45.2 Å². The minimum Gasteiger partial charge on any atom is -0.544 e. The maximum Gasteiger partial charge on any atom is 0.320 e. The maximum absolute atomic E-state index is 12.8. The van der Waals surface area contributed by atoms with Gasteiger partial charge in [0.1, 0.15) is 11.7 Å². The molecule has 0 aromatic heterocycles. The van der Waals surface area contributed by atoms with E-state index in [0.717, 1.165) is 3.57 Å². The first-order chi connectivity index (χ1) is 7.74. The predicted molar refractivity (Wildman–Crippen MR) is 80.0 cm³/mol. The first kappa shape index (κ1) is 15.6. The molecule has 3 nitrogen and oxygen atoms in total. The molecule has 0 N–H and O–H groups in total. The molecule has 1 aromatic rings. The summed E-state index contributed by atoms with van der Waals surface area (Å²) >= 11 is 5.96. The number of hydrogen-bond donors (Lipinski definition) is 0. The monoisotopic (exact) mass is 579 g/mol. The Hall–Kier alpha value is 0.540. The number of carboxylic acid groups (broad SMARTS) is 1. The molecule has 0 atom stereocenters. The molecule has 0 aliphatic heterocycles. The molecular formula is C9H4F2I3O3-. The molecule has 8 heteroatoms. The average Bonchev–Trinajstić information content (AvgIpc) is 2.15. The minimum absolute atomic E-state index is 0.257. The number of aliphatic carboxylic acids is 1. The molecule has 0 radical (unpaired) electrons. The molecule has 0 fully saturated rings. The predicted octanol–water partition coefficient (Wildman–Crippen LogP) is 2.26. The zero-order valence-corrected chi connectivity index (χ0v) is 14.4. The van der Waals surface area contributed by atoms with Crippen molar-refractivity contribution in [2.24, 2.45) is 0 Å². The van der Waals surface area contributed by atoms with Gasteiger partial charge in [-0.05, 0) is 79.9 Å². The Morgan fingerprint density at radius 3 is 2.18 bits per heavy atom. The summed E-state index contributed by atoms with van der Waals surface area (Å²) in [5.41, 5.74) is 0. The number of halogens is 5. The maximum atomic E-state index is 12.8. The second-order valence-electron chi connectivity index (χ2n) is 2.98. The smallest absolute Gasteiger partial charge is 0.320 e. The van der Waals surface area contributed by atoms with Gasteiger partial charge in [-0.3, -0.25) is 0 Å². The Labute approximate surface area is 137 Å². The molecule has 0 unspecified atom stereocenters. The Morgan fingerprint density at radius 1 is 1.29 bits per heavy atom. The van der Waals surface area contributed by atoms with Crippen LogP contribution in [0.4, 0.5) is 8.78 Å². The van der Waals surface area contributed by atoms with Gasteiger partial charge >= 0.3 is 5.92 Å². The summed E-state index contributed by atoms with van der Waals surface area (Å²) in [6.07, 6.45) is 0. The molecule has 0 bridgehead atoms. The van der Waals surface area contributed by atoms with Crippen LogP contribution >= 0.6 is 67.8 Å². The number of carboxylic acids is 1. The van der Waals surface area contributed by atoms with E-state index in [1.165, 1.54) is 0 Å². The van der Waals surface area contributed by atoms with Gasteiger partial charge in [0.25, 0.3) is 0 Å². The van der Waals surface area contributed by atoms with Gasteiger partial charge in [-0.25, -0.2) is 0 Å². The van der Waals surface area contributed by atoms with E-state index in [1.54, 1.807) is 12.1 Å². The number of alkyl halides is 2. The van der Waals surface area contributed by atoms with Gasteiger partial charge in [0.15, 0.2) is 6.61 Å². The van der Waals surface area contributed by atoms with Gasteiger partial charge in [-0.2, -0.15) is 8.78 Å². The molecule has 0 spiro atoms. The van der Waals surface area contributed by atoms with E-state index in [9.17, 15) is 18.7 Å². The van der Waals surface area contributed by atoms with Crippen LogP contribution in [-0.4, -0.2) is 18.5 Å². The molecule has 1 rings (SSSR count). The summed E-state index contributed by atoms with van der Waals surface area (Å²) in [6.45, 7) is -1.23. The third-order valence-corrected chi connectivity index (χ3v) is 3.88. The van der Waals surface area contributed by atoms with Crippen molar-refractivity contribution in [2.75, 3.05) is 6.61 Å². The van der Waals surface area contributed by atoms with Crippen molar-refractivity contribution in [3.05, 3.63) is 22.8 Å². The summed E-state index contributed by atoms with van der Waals surface area (Å²) in [5, 5.41) is 10.1. The van der Waals surface area contributed by atoms with Crippen molar-refractivity contribution in [2.45, 2.75) is 5.92 Å². The fourth-order valence-electron chi connectivity index (χ4n) is 0.889. The highest BCUT2D eigenvalue weighted by atomic mass is 127. The SMILES string of the molecule is O=C([O-])C(F)(F)COc1c(I)cc(I)cc1I. The highest BCUT2D eigenvalue weighted by molar-refractivity contribution is 14.1. The highest BCUT2D eigenvalue weighted by Gasteiger charge is 2.32. The molecule has 0 aliphatic rings. The van der Waals surface area contributed by atoms with Crippen molar-refractivity contribution in [1.29, 1.82) is 0 Å². The van der Waals surface area contributed by atoms with Gasteiger partial charge in [-0.1, -0.05) is 0 Å². The molecule has 0 heterocycles. The van der Waals surface area contributed by atoms with Crippen molar-refractivity contribution < 1.29 is 23.4 Å². The highest BCUT2D eigenvalue weighted by Crippen LogP contribution is 2.30. The Kier molecular flexibility index (Phi) is 5.62. The van der Waals surface area contributed by atoms with Crippen LogP contribution in [0.1, 0.15) is 0 Å². The number of hydrogen-bond acceptors (Lipinski definition) is 3. The number of carbonyl (C=O) groups is 1. The number of rotatable bonds is 4. The summed E-state index contributed by atoms with van der Waals surface area (Å²) in [5.74, 6) is -6.17. The van der Waals surface area contributed by atoms with E-state index < -0.39 is 18.5 Å². The average molecular weight is 579 g/mol. The van der Waals surface area contributed by atoms with Crippen molar-refractivity contribution >= 4 is 73.7 Å². The lowest BCUT2D eigenvalue weighted by atomic mass is 10.3. The second-order valence-corrected chi connectivity index (χ2v) is 6.55. The van der Waals surface area contributed by atoms with Crippen molar-refractivity contribution in [1.82, 2.24) is 0 Å². The van der Waals surface area contributed by atoms with Crippen LogP contribution in [-0.2, 0) is 4.79 Å². The topological polar surface area (TPSA) is 49.4 Å². The van der Waals surface area contributed by atoms with E-state index in [4.69, 9.17) is 4.74 Å². The first-order valence-electron chi connectivity index (χ1n) is 4.10. The number of ether oxygens (including phenoxy) is 1. The Balaban J connectivity index is 2.87. The first-order valence-corrected chi connectivity index (χ1v) is 7.34. The molecule has 0 saturated carbocycles. The van der Waals surface area contributed by atoms with Crippen LogP contribution in [0.15, 0.2) is 12.1 Å². The molecular weight excluding hydrogens is 575 g/mol. The molecule has 17 heavy (non-hydrogen) atoms. The van der Waals surface area contributed by atoms with Crippen LogP contribution in [0, 0.1) is 10.7 Å². The van der Waals surface area contributed by atoms with Gasteiger partial charge in [0.2, 0.25) is 0 Å². The number of carbonyl (C=O) groups excluding carboxylic acids is 1. The van der Waals surface area contributed by atoms with Gasteiger partial charge in [0.05, 0.1) is 7.14 Å². The normalized spacial score (nSPS) is 11.4. The fourth-order valence-corrected chi connectivity index (χ4v) is 4.78. The van der Waals surface area contributed by atoms with Crippen LogP contribution in [0.2, 0.25) is 0 Å². The summed E-state index contributed by atoms with van der Waals surface area (Å²) in [7, 11) is 0. The molecule has 0 aliphatic carbocycles. The second kappa shape index (κ2) is 6.12. The van der Waals surface area contributed by atoms with E-state index >= 15 is 0 Å². The quantitative estimate of drug-likeness (QED) is 0.516.